The molecule has 0 saturated heterocycles. The molecule has 1 atom stereocenters. The van der Waals surface area contributed by atoms with Gasteiger partial charge in [-0.25, -0.2) is 0 Å². The van der Waals surface area contributed by atoms with Crippen LogP contribution in [0, 0.1) is 0 Å². The molecule has 4 heteroatoms. The van der Waals surface area contributed by atoms with Crippen molar-refractivity contribution in [1.82, 2.24) is 10.3 Å². The SMILES string of the molecule is COCCOCCNC(C)c1cccnc1. The minimum Gasteiger partial charge on any atom is -0.382 e. The highest BCUT2D eigenvalue weighted by Gasteiger charge is 2.02. The Morgan fingerprint density at radius 3 is 2.94 bits per heavy atom. The number of rotatable bonds is 8. The minimum absolute atomic E-state index is 0.305. The number of hydrogen-bond donors (Lipinski definition) is 1. The summed E-state index contributed by atoms with van der Waals surface area (Å²) >= 11 is 0. The van der Waals surface area contributed by atoms with Crippen LogP contribution in [0.1, 0.15) is 18.5 Å². The Kier molecular flexibility index (Phi) is 6.72. The van der Waals surface area contributed by atoms with E-state index in [-0.39, 0.29) is 0 Å². The Bertz CT molecular complexity index is 267. The molecule has 0 saturated carbocycles. The molecule has 1 aromatic rings. The monoisotopic (exact) mass is 224 g/mol. The molecule has 0 fully saturated rings. The minimum atomic E-state index is 0.305. The number of pyridine rings is 1. The Hall–Kier alpha value is -0.970. The van der Waals surface area contributed by atoms with Gasteiger partial charge >= 0.3 is 0 Å². The van der Waals surface area contributed by atoms with Crippen molar-refractivity contribution in [3.8, 4) is 0 Å². The molecule has 0 amide bonds. The van der Waals surface area contributed by atoms with Crippen molar-refractivity contribution in [2.24, 2.45) is 0 Å². The molecular formula is C12H20N2O2. The van der Waals surface area contributed by atoms with Crippen LogP contribution < -0.4 is 5.32 Å². The smallest absolute Gasteiger partial charge is 0.0700 e. The molecular weight excluding hydrogens is 204 g/mol. The molecule has 0 aliphatic heterocycles. The molecule has 0 aliphatic carbocycles. The summed E-state index contributed by atoms with van der Waals surface area (Å²) in [5.74, 6) is 0. The third kappa shape index (κ3) is 5.21. The summed E-state index contributed by atoms with van der Waals surface area (Å²) in [5.41, 5.74) is 1.19. The van der Waals surface area contributed by atoms with Gasteiger partial charge in [-0.15, -0.1) is 0 Å². The molecule has 0 aliphatic rings. The summed E-state index contributed by atoms with van der Waals surface area (Å²) in [6.07, 6.45) is 3.66. The fourth-order valence-electron chi connectivity index (χ4n) is 1.34. The standard InChI is InChI=1S/C12H20N2O2/c1-11(12-4-3-5-13-10-12)14-6-7-16-9-8-15-2/h3-5,10-11,14H,6-9H2,1-2H3. The predicted octanol–water partition coefficient (Wildman–Crippen LogP) is 1.40. The summed E-state index contributed by atoms with van der Waals surface area (Å²) in [6, 6.07) is 4.32. The lowest BCUT2D eigenvalue weighted by Gasteiger charge is -2.13. The van der Waals surface area contributed by atoms with Gasteiger partial charge in [-0.3, -0.25) is 4.98 Å². The van der Waals surface area contributed by atoms with E-state index in [0.29, 0.717) is 25.9 Å². The van der Waals surface area contributed by atoms with E-state index in [1.165, 1.54) is 5.56 Å². The van der Waals surface area contributed by atoms with Gasteiger partial charge in [0, 0.05) is 32.1 Å². The molecule has 0 bridgehead atoms. The average Bonchev–Trinajstić information content (AvgIpc) is 2.34. The maximum atomic E-state index is 5.36. The van der Waals surface area contributed by atoms with Crippen molar-refractivity contribution < 1.29 is 9.47 Å². The number of aromatic nitrogens is 1. The molecule has 4 nitrogen and oxygen atoms in total. The van der Waals surface area contributed by atoms with E-state index in [1.807, 2.05) is 12.3 Å². The molecule has 16 heavy (non-hydrogen) atoms. The van der Waals surface area contributed by atoms with E-state index in [1.54, 1.807) is 13.3 Å². The van der Waals surface area contributed by atoms with Crippen LogP contribution >= 0.6 is 0 Å². The van der Waals surface area contributed by atoms with Crippen LogP contribution in [0.2, 0.25) is 0 Å². The molecule has 0 radical (unpaired) electrons. The Morgan fingerprint density at radius 2 is 2.25 bits per heavy atom. The normalized spacial score (nSPS) is 12.6. The second-order valence-electron chi connectivity index (χ2n) is 3.57. The zero-order valence-corrected chi connectivity index (χ0v) is 9.98. The van der Waals surface area contributed by atoms with E-state index in [4.69, 9.17) is 9.47 Å². The van der Waals surface area contributed by atoms with Crippen LogP contribution in [0.25, 0.3) is 0 Å². The fourth-order valence-corrected chi connectivity index (χ4v) is 1.34. The first-order chi connectivity index (χ1) is 7.84. The van der Waals surface area contributed by atoms with Crippen molar-refractivity contribution in [3.05, 3.63) is 30.1 Å². The quantitative estimate of drug-likeness (QED) is 0.678. The molecule has 90 valence electrons. The Balaban J connectivity index is 2.09. The molecule has 1 N–H and O–H groups in total. The van der Waals surface area contributed by atoms with Crippen LogP contribution in [0.3, 0.4) is 0 Å². The highest BCUT2D eigenvalue weighted by atomic mass is 16.5. The van der Waals surface area contributed by atoms with Crippen LogP contribution in [-0.2, 0) is 9.47 Å². The lowest BCUT2D eigenvalue weighted by Crippen LogP contribution is -2.23. The van der Waals surface area contributed by atoms with E-state index < -0.39 is 0 Å². The lowest BCUT2D eigenvalue weighted by molar-refractivity contribution is 0.0712. The molecule has 1 rings (SSSR count). The first-order valence-electron chi connectivity index (χ1n) is 5.54. The second kappa shape index (κ2) is 8.21. The van der Waals surface area contributed by atoms with Gasteiger partial charge in [0.15, 0.2) is 0 Å². The van der Waals surface area contributed by atoms with E-state index in [9.17, 15) is 0 Å². The highest BCUT2D eigenvalue weighted by Crippen LogP contribution is 2.08. The first kappa shape index (κ1) is 13.1. The summed E-state index contributed by atoms with van der Waals surface area (Å²) in [7, 11) is 1.67. The van der Waals surface area contributed by atoms with Crippen LogP contribution in [0.4, 0.5) is 0 Å². The number of methoxy groups -OCH3 is 1. The average molecular weight is 224 g/mol. The molecule has 1 heterocycles. The maximum Gasteiger partial charge on any atom is 0.0700 e. The topological polar surface area (TPSA) is 43.4 Å². The molecule has 0 spiro atoms. The zero-order chi connectivity index (χ0) is 11.6. The van der Waals surface area contributed by atoms with E-state index in [0.717, 1.165) is 6.54 Å². The van der Waals surface area contributed by atoms with Crippen molar-refractivity contribution >= 4 is 0 Å². The van der Waals surface area contributed by atoms with Crippen LogP contribution in [0.5, 0.6) is 0 Å². The van der Waals surface area contributed by atoms with Crippen molar-refractivity contribution in [3.63, 3.8) is 0 Å². The van der Waals surface area contributed by atoms with Gasteiger partial charge in [0.1, 0.15) is 0 Å². The number of nitrogens with zero attached hydrogens (tertiary/aromatic N) is 1. The number of nitrogens with one attached hydrogen (secondary N) is 1. The van der Waals surface area contributed by atoms with Gasteiger partial charge < -0.3 is 14.8 Å². The van der Waals surface area contributed by atoms with Gasteiger partial charge in [-0.05, 0) is 18.6 Å². The first-order valence-corrected chi connectivity index (χ1v) is 5.54. The molecule has 1 unspecified atom stereocenters. The number of ether oxygens (including phenoxy) is 2. The number of hydrogen-bond acceptors (Lipinski definition) is 4. The fraction of sp³-hybridized carbons (Fsp3) is 0.583. The summed E-state index contributed by atoms with van der Waals surface area (Å²) in [5, 5.41) is 3.37. The molecule has 0 aromatic carbocycles. The third-order valence-corrected chi connectivity index (χ3v) is 2.31. The zero-order valence-electron chi connectivity index (χ0n) is 9.98. The largest absolute Gasteiger partial charge is 0.382 e. The van der Waals surface area contributed by atoms with Gasteiger partial charge in [-0.2, -0.15) is 0 Å². The van der Waals surface area contributed by atoms with E-state index >= 15 is 0 Å². The predicted molar refractivity (Wildman–Crippen MR) is 63.3 cm³/mol. The van der Waals surface area contributed by atoms with Gasteiger partial charge in [-0.1, -0.05) is 6.07 Å². The van der Waals surface area contributed by atoms with Crippen LogP contribution in [0.15, 0.2) is 24.5 Å². The van der Waals surface area contributed by atoms with Crippen molar-refractivity contribution in [2.45, 2.75) is 13.0 Å². The van der Waals surface area contributed by atoms with Crippen molar-refractivity contribution in [2.75, 3.05) is 33.5 Å². The van der Waals surface area contributed by atoms with Gasteiger partial charge in [0.2, 0.25) is 0 Å². The summed E-state index contributed by atoms with van der Waals surface area (Å²) in [4.78, 5) is 4.09. The summed E-state index contributed by atoms with van der Waals surface area (Å²) in [6.45, 7) is 4.96. The van der Waals surface area contributed by atoms with Crippen molar-refractivity contribution in [1.29, 1.82) is 0 Å². The van der Waals surface area contributed by atoms with Crippen LogP contribution in [-0.4, -0.2) is 38.5 Å². The molecule has 1 aromatic heterocycles. The second-order valence-corrected chi connectivity index (χ2v) is 3.57. The Labute approximate surface area is 97.0 Å². The van der Waals surface area contributed by atoms with E-state index in [2.05, 4.69) is 23.3 Å². The summed E-state index contributed by atoms with van der Waals surface area (Å²) < 4.78 is 10.2. The highest BCUT2D eigenvalue weighted by molar-refractivity contribution is 5.12. The van der Waals surface area contributed by atoms with Gasteiger partial charge in [0.25, 0.3) is 0 Å². The third-order valence-electron chi connectivity index (χ3n) is 2.31. The van der Waals surface area contributed by atoms with Gasteiger partial charge in [0.05, 0.1) is 19.8 Å². The lowest BCUT2D eigenvalue weighted by atomic mass is 10.1. The Morgan fingerprint density at radius 1 is 1.38 bits per heavy atom. The maximum absolute atomic E-state index is 5.36.